The van der Waals surface area contributed by atoms with Gasteiger partial charge in [-0.15, -0.1) is 0 Å². The quantitative estimate of drug-likeness (QED) is 0.608. The Bertz CT molecular complexity index is 122. The topological polar surface area (TPSA) is 21.3 Å². The van der Waals surface area contributed by atoms with Crippen molar-refractivity contribution in [3.8, 4) is 0 Å². The summed E-state index contributed by atoms with van der Waals surface area (Å²) in [5.74, 6) is 0. The van der Waals surface area contributed by atoms with Crippen molar-refractivity contribution in [2.45, 2.75) is 6.23 Å². The predicted octanol–water partition coefficient (Wildman–Crippen LogP) is 1.31. The first-order valence-corrected chi connectivity index (χ1v) is 3.08. The zero-order chi connectivity index (χ0) is 5.82. The fourth-order valence-electron chi connectivity index (χ4n) is 0.448. The molecule has 0 spiro atoms. The van der Waals surface area contributed by atoms with E-state index >= 15 is 0 Å². The lowest BCUT2D eigenvalue weighted by atomic mass is 10.4. The van der Waals surface area contributed by atoms with E-state index in [1.807, 2.05) is 18.2 Å². The van der Waals surface area contributed by atoms with Crippen molar-refractivity contribution in [1.82, 2.24) is 4.34 Å². The second-order valence-corrected chi connectivity index (χ2v) is 1.84. The van der Waals surface area contributed by atoms with E-state index in [4.69, 9.17) is 4.74 Å². The van der Waals surface area contributed by atoms with Crippen LogP contribution in [0.2, 0.25) is 0 Å². The van der Waals surface area contributed by atoms with Crippen molar-refractivity contribution in [1.29, 1.82) is 0 Å². The molecular formula is C5H6BrNO. The zero-order valence-corrected chi connectivity index (χ0v) is 5.76. The highest BCUT2D eigenvalue weighted by Gasteiger charge is 1.99. The summed E-state index contributed by atoms with van der Waals surface area (Å²) in [6.45, 7) is 0. The number of hydrogen-bond acceptors (Lipinski definition) is 2. The number of hydrogen-bond donors (Lipinski definition) is 1. The molecule has 1 atom stereocenters. The van der Waals surface area contributed by atoms with Gasteiger partial charge in [0.1, 0.15) is 0 Å². The summed E-state index contributed by atoms with van der Waals surface area (Å²) in [6.07, 6.45) is 7.27. The molecule has 1 aliphatic rings. The molecule has 8 heavy (non-hydrogen) atoms. The van der Waals surface area contributed by atoms with E-state index in [1.165, 1.54) is 0 Å². The van der Waals surface area contributed by atoms with Crippen LogP contribution in [0.5, 0.6) is 0 Å². The first kappa shape index (κ1) is 5.85. The molecule has 0 fully saturated rings. The minimum Gasteiger partial charge on any atom is -0.479 e. The second kappa shape index (κ2) is 2.89. The molecule has 0 aromatic rings. The summed E-state index contributed by atoms with van der Waals surface area (Å²) in [4.78, 5) is 0. The van der Waals surface area contributed by atoms with Gasteiger partial charge < -0.3 is 4.74 Å². The molecule has 1 aliphatic heterocycles. The van der Waals surface area contributed by atoms with Gasteiger partial charge in [-0.2, -0.15) is 0 Å². The molecule has 0 saturated heterocycles. The van der Waals surface area contributed by atoms with E-state index in [1.54, 1.807) is 6.26 Å². The maximum Gasteiger partial charge on any atom is 0.177 e. The Morgan fingerprint density at radius 1 is 1.50 bits per heavy atom. The van der Waals surface area contributed by atoms with Gasteiger partial charge in [-0.05, 0) is 12.2 Å². The Balaban J connectivity index is 2.40. The lowest BCUT2D eigenvalue weighted by Crippen LogP contribution is -2.19. The minimum absolute atomic E-state index is 0.0139. The van der Waals surface area contributed by atoms with Gasteiger partial charge in [0, 0.05) is 16.1 Å². The number of nitrogens with one attached hydrogen (secondary N) is 1. The van der Waals surface area contributed by atoms with Gasteiger partial charge in [0.25, 0.3) is 0 Å². The molecule has 1 heterocycles. The average Bonchev–Trinajstić information content (AvgIpc) is 1.90. The monoisotopic (exact) mass is 175 g/mol. The van der Waals surface area contributed by atoms with Gasteiger partial charge in [-0.25, -0.2) is 4.34 Å². The minimum atomic E-state index is -0.0139. The van der Waals surface area contributed by atoms with E-state index in [9.17, 15) is 0 Å². The normalized spacial score (nSPS) is 25.4. The Labute approximate surface area is 56.6 Å². The third-order valence-electron chi connectivity index (χ3n) is 0.808. The maximum atomic E-state index is 5.00. The molecule has 44 valence electrons. The number of ether oxygens (including phenoxy) is 1. The van der Waals surface area contributed by atoms with E-state index in [-0.39, 0.29) is 6.23 Å². The van der Waals surface area contributed by atoms with Crippen LogP contribution in [-0.2, 0) is 4.74 Å². The van der Waals surface area contributed by atoms with Crippen LogP contribution in [0.1, 0.15) is 0 Å². The summed E-state index contributed by atoms with van der Waals surface area (Å²) < 4.78 is 7.76. The van der Waals surface area contributed by atoms with Crippen molar-refractivity contribution in [3.05, 3.63) is 24.5 Å². The van der Waals surface area contributed by atoms with Crippen LogP contribution in [0.15, 0.2) is 24.5 Å². The standard InChI is InChI=1S/C5H6BrNO/c6-7-5-3-1-2-4-8-5/h1-5,7H. The molecule has 0 aromatic heterocycles. The lowest BCUT2D eigenvalue weighted by Gasteiger charge is -2.10. The molecule has 3 heteroatoms. The SMILES string of the molecule is BrNC1C=CC=CO1. The molecule has 1 N–H and O–H groups in total. The highest BCUT2D eigenvalue weighted by atomic mass is 79.9. The largest absolute Gasteiger partial charge is 0.479 e. The van der Waals surface area contributed by atoms with Crippen LogP contribution >= 0.6 is 16.1 Å². The first-order chi connectivity index (χ1) is 3.93. The molecule has 1 rings (SSSR count). The van der Waals surface area contributed by atoms with Gasteiger partial charge in [-0.3, -0.25) is 0 Å². The van der Waals surface area contributed by atoms with E-state index in [0.29, 0.717) is 0 Å². The Kier molecular flexibility index (Phi) is 2.11. The van der Waals surface area contributed by atoms with Crippen molar-refractivity contribution < 1.29 is 4.74 Å². The van der Waals surface area contributed by atoms with E-state index < -0.39 is 0 Å². The Hall–Kier alpha value is -0.280. The maximum absolute atomic E-state index is 5.00. The number of allylic oxidation sites excluding steroid dienone is 2. The third kappa shape index (κ3) is 1.35. The lowest BCUT2D eigenvalue weighted by molar-refractivity contribution is 0.178. The van der Waals surface area contributed by atoms with Crippen LogP contribution in [0.4, 0.5) is 0 Å². The predicted molar refractivity (Wildman–Crippen MR) is 35.2 cm³/mol. The highest BCUT2D eigenvalue weighted by Crippen LogP contribution is 1.98. The van der Waals surface area contributed by atoms with Crippen molar-refractivity contribution in [3.63, 3.8) is 0 Å². The van der Waals surface area contributed by atoms with Gasteiger partial charge >= 0.3 is 0 Å². The van der Waals surface area contributed by atoms with Crippen LogP contribution in [0.3, 0.4) is 0 Å². The summed E-state index contributed by atoms with van der Waals surface area (Å²) in [7, 11) is 0. The number of halogens is 1. The molecule has 0 aliphatic carbocycles. The van der Waals surface area contributed by atoms with Gasteiger partial charge in [-0.1, -0.05) is 6.08 Å². The average molecular weight is 176 g/mol. The van der Waals surface area contributed by atoms with Crippen LogP contribution in [0, 0.1) is 0 Å². The molecule has 2 nitrogen and oxygen atoms in total. The molecule has 0 aromatic carbocycles. The van der Waals surface area contributed by atoms with Crippen molar-refractivity contribution in [2.75, 3.05) is 0 Å². The third-order valence-corrected chi connectivity index (χ3v) is 1.26. The summed E-state index contributed by atoms with van der Waals surface area (Å²) in [5, 5.41) is 0. The molecule has 0 bridgehead atoms. The van der Waals surface area contributed by atoms with Gasteiger partial charge in [0.2, 0.25) is 0 Å². The van der Waals surface area contributed by atoms with Crippen LogP contribution in [-0.4, -0.2) is 6.23 Å². The Morgan fingerprint density at radius 3 is 2.75 bits per heavy atom. The van der Waals surface area contributed by atoms with Crippen molar-refractivity contribution >= 4 is 16.1 Å². The molecule has 0 radical (unpaired) electrons. The molecule has 0 amide bonds. The van der Waals surface area contributed by atoms with E-state index in [2.05, 4.69) is 20.5 Å². The second-order valence-electron chi connectivity index (χ2n) is 1.38. The summed E-state index contributed by atoms with van der Waals surface area (Å²) >= 11 is 3.05. The molecule has 1 unspecified atom stereocenters. The van der Waals surface area contributed by atoms with Gasteiger partial charge in [0.05, 0.1) is 6.26 Å². The smallest absolute Gasteiger partial charge is 0.177 e. The van der Waals surface area contributed by atoms with Crippen LogP contribution < -0.4 is 4.34 Å². The first-order valence-electron chi connectivity index (χ1n) is 2.28. The zero-order valence-electron chi connectivity index (χ0n) is 4.17. The fourth-order valence-corrected chi connectivity index (χ4v) is 0.708. The van der Waals surface area contributed by atoms with Crippen LogP contribution in [0.25, 0.3) is 0 Å². The van der Waals surface area contributed by atoms with E-state index in [0.717, 1.165) is 0 Å². The summed E-state index contributed by atoms with van der Waals surface area (Å²) in [5.41, 5.74) is 0. The fraction of sp³-hybridized carbons (Fsp3) is 0.200. The Morgan fingerprint density at radius 2 is 2.38 bits per heavy atom. The molecular weight excluding hydrogens is 170 g/mol. The highest BCUT2D eigenvalue weighted by molar-refractivity contribution is 9.08. The van der Waals surface area contributed by atoms with Gasteiger partial charge in [0.15, 0.2) is 6.23 Å². The molecule has 0 saturated carbocycles. The van der Waals surface area contributed by atoms with Crippen molar-refractivity contribution in [2.24, 2.45) is 0 Å². The number of rotatable bonds is 1. The summed E-state index contributed by atoms with van der Waals surface area (Å²) in [6, 6.07) is 0.